The third-order valence-electron chi connectivity index (χ3n) is 2.93. The van der Waals surface area contributed by atoms with Gasteiger partial charge in [0.05, 0.1) is 0 Å². The molecule has 0 aromatic heterocycles. The minimum Gasteiger partial charge on any atom is -0.310 e. The highest BCUT2D eigenvalue weighted by Crippen LogP contribution is 2.23. The molecule has 1 atom stereocenters. The molecule has 0 amide bonds. The first kappa shape index (κ1) is 8.76. The summed E-state index contributed by atoms with van der Waals surface area (Å²) in [7, 11) is 0. The van der Waals surface area contributed by atoms with Crippen molar-refractivity contribution in [3.63, 3.8) is 0 Å². The van der Waals surface area contributed by atoms with Crippen molar-refractivity contribution in [1.82, 2.24) is 5.32 Å². The summed E-state index contributed by atoms with van der Waals surface area (Å²) in [6.07, 6.45) is 2.32. The summed E-state index contributed by atoms with van der Waals surface area (Å²) in [5.41, 5.74) is 4.49. The largest absolute Gasteiger partial charge is 0.310 e. The first-order chi connectivity index (χ1) is 6.31. The fraction of sp³-hybridized carbons (Fsp3) is 0.500. The molecule has 1 unspecified atom stereocenters. The van der Waals surface area contributed by atoms with Crippen LogP contribution in [0.1, 0.15) is 36.6 Å². The highest BCUT2D eigenvalue weighted by molar-refractivity contribution is 5.36. The van der Waals surface area contributed by atoms with Crippen molar-refractivity contribution in [2.75, 3.05) is 6.54 Å². The highest BCUT2D eigenvalue weighted by atomic mass is 14.9. The molecule has 1 nitrogen and oxygen atoms in total. The summed E-state index contributed by atoms with van der Waals surface area (Å²) in [6.45, 7) is 5.58. The monoisotopic (exact) mass is 175 g/mol. The number of benzene rings is 1. The van der Waals surface area contributed by atoms with Gasteiger partial charge in [-0.15, -0.1) is 0 Å². The normalized spacial score (nSPS) is 21.2. The van der Waals surface area contributed by atoms with Crippen molar-refractivity contribution >= 4 is 0 Å². The van der Waals surface area contributed by atoms with Crippen LogP contribution in [0.4, 0.5) is 0 Å². The zero-order chi connectivity index (χ0) is 9.26. The number of nitrogens with one attached hydrogen (secondary N) is 1. The van der Waals surface area contributed by atoms with Gasteiger partial charge in [-0.1, -0.05) is 25.1 Å². The Labute approximate surface area is 80.2 Å². The van der Waals surface area contributed by atoms with Crippen LogP contribution in [0.2, 0.25) is 0 Å². The molecule has 1 aromatic carbocycles. The average molecular weight is 175 g/mol. The third kappa shape index (κ3) is 1.61. The van der Waals surface area contributed by atoms with E-state index < -0.39 is 0 Å². The molecule has 0 saturated heterocycles. The molecule has 1 N–H and O–H groups in total. The molecule has 0 fully saturated rings. The second-order valence-corrected chi connectivity index (χ2v) is 3.81. The number of aryl methyl sites for hydroxylation is 1. The van der Waals surface area contributed by atoms with Crippen LogP contribution in [0.15, 0.2) is 18.2 Å². The van der Waals surface area contributed by atoms with Gasteiger partial charge in [-0.2, -0.15) is 0 Å². The minimum absolute atomic E-state index is 0.537. The molecule has 0 spiro atoms. The maximum atomic E-state index is 3.49. The summed E-state index contributed by atoms with van der Waals surface area (Å²) >= 11 is 0. The first-order valence-corrected chi connectivity index (χ1v) is 5.16. The topological polar surface area (TPSA) is 12.0 Å². The lowest BCUT2D eigenvalue weighted by Crippen LogP contribution is -2.27. The number of rotatable bonds is 1. The lowest BCUT2D eigenvalue weighted by atomic mass is 9.93. The lowest BCUT2D eigenvalue weighted by Gasteiger charge is -2.24. The maximum absolute atomic E-state index is 3.49. The molecule has 0 bridgehead atoms. The summed E-state index contributed by atoms with van der Waals surface area (Å²) in [5, 5.41) is 3.49. The molecule has 1 heterocycles. The van der Waals surface area contributed by atoms with Crippen LogP contribution in [0.5, 0.6) is 0 Å². The van der Waals surface area contributed by atoms with E-state index in [-0.39, 0.29) is 0 Å². The van der Waals surface area contributed by atoms with Crippen LogP contribution < -0.4 is 5.32 Å². The van der Waals surface area contributed by atoms with Gasteiger partial charge in [0.25, 0.3) is 0 Å². The van der Waals surface area contributed by atoms with Crippen molar-refractivity contribution in [2.45, 2.75) is 32.7 Å². The van der Waals surface area contributed by atoms with E-state index in [1.165, 1.54) is 23.1 Å². The first-order valence-electron chi connectivity index (χ1n) is 5.16. The molecular formula is C12H17N. The van der Waals surface area contributed by atoms with Gasteiger partial charge in [-0.05, 0) is 43.0 Å². The van der Waals surface area contributed by atoms with Crippen molar-refractivity contribution in [3.8, 4) is 0 Å². The van der Waals surface area contributed by atoms with Crippen LogP contribution in [0.3, 0.4) is 0 Å². The van der Waals surface area contributed by atoms with Crippen molar-refractivity contribution in [3.05, 3.63) is 34.9 Å². The van der Waals surface area contributed by atoms with Gasteiger partial charge in [0.1, 0.15) is 0 Å². The van der Waals surface area contributed by atoms with E-state index in [1.807, 2.05) is 0 Å². The Kier molecular flexibility index (Phi) is 2.36. The predicted octanol–water partition coefficient (Wildman–Crippen LogP) is 2.46. The zero-order valence-corrected chi connectivity index (χ0v) is 8.43. The van der Waals surface area contributed by atoms with E-state index in [4.69, 9.17) is 0 Å². The summed E-state index contributed by atoms with van der Waals surface area (Å²) in [5.74, 6) is 0. The highest BCUT2D eigenvalue weighted by Gasteiger charge is 2.14. The Bertz CT molecular complexity index is 304. The SMILES string of the molecule is CCc1ccc2c(c1)C(C)NCC2. The fourth-order valence-corrected chi connectivity index (χ4v) is 2.03. The van der Waals surface area contributed by atoms with Crippen LogP contribution >= 0.6 is 0 Å². The molecular weight excluding hydrogens is 158 g/mol. The third-order valence-corrected chi connectivity index (χ3v) is 2.93. The Balaban J connectivity index is 2.41. The van der Waals surface area contributed by atoms with E-state index in [1.54, 1.807) is 0 Å². The summed E-state index contributed by atoms with van der Waals surface area (Å²) in [6, 6.07) is 7.45. The molecule has 0 saturated carbocycles. The van der Waals surface area contributed by atoms with Gasteiger partial charge in [0, 0.05) is 6.04 Å². The quantitative estimate of drug-likeness (QED) is 0.691. The van der Waals surface area contributed by atoms with Gasteiger partial charge < -0.3 is 5.32 Å². The van der Waals surface area contributed by atoms with Crippen LogP contribution in [-0.4, -0.2) is 6.54 Å². The van der Waals surface area contributed by atoms with Crippen LogP contribution in [0, 0.1) is 0 Å². The number of fused-ring (bicyclic) bond motifs is 1. The van der Waals surface area contributed by atoms with E-state index in [0.717, 1.165) is 13.0 Å². The summed E-state index contributed by atoms with van der Waals surface area (Å²) in [4.78, 5) is 0. The zero-order valence-electron chi connectivity index (χ0n) is 8.43. The number of hydrogen-bond donors (Lipinski definition) is 1. The molecule has 1 heteroatoms. The molecule has 0 aliphatic carbocycles. The van der Waals surface area contributed by atoms with Gasteiger partial charge >= 0.3 is 0 Å². The van der Waals surface area contributed by atoms with Crippen molar-refractivity contribution < 1.29 is 0 Å². The standard InChI is InChI=1S/C12H17N/c1-3-10-4-5-11-6-7-13-9(2)12(11)8-10/h4-5,8-9,13H,3,6-7H2,1-2H3. The van der Waals surface area contributed by atoms with Crippen molar-refractivity contribution in [2.24, 2.45) is 0 Å². The molecule has 2 rings (SSSR count). The second-order valence-electron chi connectivity index (χ2n) is 3.81. The Hall–Kier alpha value is -0.820. The van der Waals surface area contributed by atoms with Crippen molar-refractivity contribution in [1.29, 1.82) is 0 Å². The van der Waals surface area contributed by atoms with Crippen LogP contribution in [0.25, 0.3) is 0 Å². The Morgan fingerprint density at radius 2 is 2.31 bits per heavy atom. The van der Waals surface area contributed by atoms with Gasteiger partial charge in [0.15, 0.2) is 0 Å². The summed E-state index contributed by atoms with van der Waals surface area (Å²) < 4.78 is 0. The average Bonchev–Trinajstić information content (AvgIpc) is 2.18. The van der Waals surface area contributed by atoms with E-state index in [9.17, 15) is 0 Å². The molecule has 1 aliphatic rings. The molecule has 13 heavy (non-hydrogen) atoms. The van der Waals surface area contributed by atoms with E-state index in [2.05, 4.69) is 37.4 Å². The maximum Gasteiger partial charge on any atom is 0.0294 e. The molecule has 1 aromatic rings. The van der Waals surface area contributed by atoms with Gasteiger partial charge in [-0.25, -0.2) is 0 Å². The predicted molar refractivity (Wildman–Crippen MR) is 55.9 cm³/mol. The number of hydrogen-bond acceptors (Lipinski definition) is 1. The van der Waals surface area contributed by atoms with Gasteiger partial charge in [-0.3, -0.25) is 0 Å². The lowest BCUT2D eigenvalue weighted by molar-refractivity contribution is 0.540. The minimum atomic E-state index is 0.537. The van der Waals surface area contributed by atoms with E-state index in [0.29, 0.717) is 6.04 Å². The molecule has 70 valence electrons. The van der Waals surface area contributed by atoms with E-state index >= 15 is 0 Å². The Morgan fingerprint density at radius 3 is 3.08 bits per heavy atom. The molecule has 0 radical (unpaired) electrons. The van der Waals surface area contributed by atoms with Gasteiger partial charge in [0.2, 0.25) is 0 Å². The second kappa shape index (κ2) is 3.51. The van der Waals surface area contributed by atoms with Crippen LogP contribution in [-0.2, 0) is 12.8 Å². The fourth-order valence-electron chi connectivity index (χ4n) is 2.03. The molecule has 1 aliphatic heterocycles. The Morgan fingerprint density at radius 1 is 1.46 bits per heavy atom. The smallest absolute Gasteiger partial charge is 0.0294 e.